The molecule has 2 aromatic carbocycles. The van der Waals surface area contributed by atoms with Crippen molar-refractivity contribution in [2.24, 2.45) is 0 Å². The summed E-state index contributed by atoms with van der Waals surface area (Å²) >= 11 is 1.50. The Balaban J connectivity index is 1.83. The first-order chi connectivity index (χ1) is 15.6. The van der Waals surface area contributed by atoms with Gasteiger partial charge in [-0.1, -0.05) is 35.9 Å². The molecule has 0 atom stereocenters. The van der Waals surface area contributed by atoms with Crippen molar-refractivity contribution in [1.29, 1.82) is 0 Å². The molecule has 0 aliphatic rings. The molecular weight excluding hydrogens is 452 g/mol. The SMILES string of the molecule is Cc1cc(C)c(S(=O)(=O)N(Cc2cccs2)Cc2cc3ccc(C)c(C)c3[nH]c2=O)c(C)c1. The number of H-pyrrole nitrogens is 1. The van der Waals surface area contributed by atoms with Crippen LogP contribution in [-0.2, 0) is 23.1 Å². The Morgan fingerprint density at radius 3 is 2.24 bits per heavy atom. The summed E-state index contributed by atoms with van der Waals surface area (Å²) in [6.07, 6.45) is 0. The highest BCUT2D eigenvalue weighted by Crippen LogP contribution is 2.29. The zero-order valence-corrected chi connectivity index (χ0v) is 21.2. The van der Waals surface area contributed by atoms with Gasteiger partial charge in [0, 0.05) is 23.5 Å². The summed E-state index contributed by atoms with van der Waals surface area (Å²) in [7, 11) is -3.85. The van der Waals surface area contributed by atoms with Crippen LogP contribution in [0.15, 0.2) is 57.5 Å². The molecule has 172 valence electrons. The van der Waals surface area contributed by atoms with E-state index in [-0.39, 0.29) is 18.6 Å². The summed E-state index contributed by atoms with van der Waals surface area (Å²) in [6, 6.07) is 13.4. The van der Waals surface area contributed by atoms with Gasteiger partial charge >= 0.3 is 0 Å². The highest BCUT2D eigenvalue weighted by Gasteiger charge is 2.29. The Labute approximate surface area is 198 Å². The second kappa shape index (κ2) is 8.89. The normalized spacial score (nSPS) is 12.1. The minimum Gasteiger partial charge on any atom is -0.321 e. The number of aromatic nitrogens is 1. The van der Waals surface area contributed by atoms with Gasteiger partial charge in [-0.3, -0.25) is 4.79 Å². The van der Waals surface area contributed by atoms with Gasteiger partial charge < -0.3 is 4.98 Å². The quantitative estimate of drug-likeness (QED) is 0.395. The van der Waals surface area contributed by atoms with E-state index in [1.165, 1.54) is 15.6 Å². The first-order valence-corrected chi connectivity index (χ1v) is 13.1. The van der Waals surface area contributed by atoms with Gasteiger partial charge in [-0.15, -0.1) is 11.3 Å². The fourth-order valence-corrected chi connectivity index (χ4v) is 6.99. The van der Waals surface area contributed by atoms with Crippen molar-refractivity contribution in [1.82, 2.24) is 9.29 Å². The Bertz CT molecular complexity index is 1480. The summed E-state index contributed by atoms with van der Waals surface area (Å²) in [5.74, 6) is 0. The Kier molecular flexibility index (Phi) is 6.31. The van der Waals surface area contributed by atoms with E-state index < -0.39 is 10.0 Å². The van der Waals surface area contributed by atoms with Gasteiger partial charge in [-0.2, -0.15) is 4.31 Å². The van der Waals surface area contributed by atoms with E-state index in [0.29, 0.717) is 21.6 Å². The summed E-state index contributed by atoms with van der Waals surface area (Å²) < 4.78 is 29.2. The molecule has 4 rings (SSSR count). The number of nitrogens with one attached hydrogen (secondary N) is 1. The summed E-state index contributed by atoms with van der Waals surface area (Å²) in [5.41, 5.74) is 5.51. The summed E-state index contributed by atoms with van der Waals surface area (Å²) in [5, 5.41) is 2.82. The number of pyridine rings is 1. The lowest BCUT2D eigenvalue weighted by Crippen LogP contribution is -2.33. The van der Waals surface area contributed by atoms with E-state index in [4.69, 9.17) is 0 Å². The minimum atomic E-state index is -3.85. The molecule has 0 saturated heterocycles. The molecular formula is C26H28N2O3S2. The van der Waals surface area contributed by atoms with Crippen LogP contribution in [0.5, 0.6) is 0 Å². The summed E-state index contributed by atoms with van der Waals surface area (Å²) in [6.45, 7) is 9.78. The lowest BCUT2D eigenvalue weighted by Gasteiger charge is -2.24. The number of benzene rings is 2. The van der Waals surface area contributed by atoms with Crippen molar-refractivity contribution in [3.8, 4) is 0 Å². The molecule has 0 aliphatic heterocycles. The summed E-state index contributed by atoms with van der Waals surface area (Å²) in [4.78, 5) is 17.2. The van der Waals surface area contributed by atoms with Crippen LogP contribution < -0.4 is 5.56 Å². The number of rotatable bonds is 6. The van der Waals surface area contributed by atoms with Crippen molar-refractivity contribution in [3.05, 3.63) is 96.5 Å². The molecule has 33 heavy (non-hydrogen) atoms. The van der Waals surface area contributed by atoms with E-state index in [1.54, 1.807) is 0 Å². The van der Waals surface area contributed by atoms with Crippen molar-refractivity contribution in [2.45, 2.75) is 52.6 Å². The number of sulfonamides is 1. The predicted molar refractivity (Wildman–Crippen MR) is 135 cm³/mol. The van der Waals surface area contributed by atoms with Gasteiger partial charge in [0.05, 0.1) is 10.4 Å². The maximum atomic E-state index is 13.9. The first-order valence-electron chi connectivity index (χ1n) is 10.8. The van der Waals surface area contributed by atoms with Crippen LogP contribution in [0.2, 0.25) is 0 Å². The number of hydrogen-bond acceptors (Lipinski definition) is 4. The Hall–Kier alpha value is -2.74. The van der Waals surface area contributed by atoms with Crippen LogP contribution in [0.3, 0.4) is 0 Å². The van der Waals surface area contributed by atoms with Crippen molar-refractivity contribution < 1.29 is 8.42 Å². The molecule has 0 spiro atoms. The molecule has 0 amide bonds. The van der Waals surface area contributed by atoms with E-state index in [1.807, 2.05) is 82.5 Å². The predicted octanol–water partition coefficient (Wildman–Crippen LogP) is 5.52. The molecule has 0 saturated carbocycles. The van der Waals surface area contributed by atoms with Crippen LogP contribution in [0.4, 0.5) is 0 Å². The number of fused-ring (bicyclic) bond motifs is 1. The largest absolute Gasteiger partial charge is 0.321 e. The van der Waals surface area contributed by atoms with Gasteiger partial charge in [-0.25, -0.2) is 8.42 Å². The van der Waals surface area contributed by atoms with Gasteiger partial charge in [0.1, 0.15) is 0 Å². The third kappa shape index (κ3) is 4.53. The second-order valence-electron chi connectivity index (χ2n) is 8.68. The Morgan fingerprint density at radius 2 is 1.61 bits per heavy atom. The smallest absolute Gasteiger partial charge is 0.252 e. The van der Waals surface area contributed by atoms with E-state index in [2.05, 4.69) is 4.98 Å². The molecule has 4 aromatic rings. The number of thiophene rings is 1. The van der Waals surface area contributed by atoms with Crippen LogP contribution in [0.25, 0.3) is 10.9 Å². The average Bonchev–Trinajstić information content (AvgIpc) is 3.23. The van der Waals surface area contributed by atoms with Gasteiger partial charge in [0.15, 0.2) is 0 Å². The van der Waals surface area contributed by atoms with Crippen molar-refractivity contribution in [2.75, 3.05) is 0 Å². The standard InChI is InChI=1S/C26H28N2O3S2/c1-16-11-18(3)25(19(4)12-16)33(30,31)28(15-23-7-6-10-32-23)14-22-13-21-9-8-17(2)20(5)24(21)27-26(22)29/h6-13H,14-15H2,1-5H3,(H,27,29). The van der Waals surface area contributed by atoms with Crippen LogP contribution >= 0.6 is 11.3 Å². The number of aryl methyl sites for hydroxylation is 5. The fraction of sp³-hybridized carbons (Fsp3) is 0.269. The molecule has 0 bridgehead atoms. The van der Waals surface area contributed by atoms with Crippen molar-refractivity contribution >= 4 is 32.3 Å². The minimum absolute atomic E-state index is 0.00874. The lowest BCUT2D eigenvalue weighted by atomic mass is 10.0. The number of hydrogen-bond donors (Lipinski definition) is 1. The third-order valence-electron chi connectivity index (χ3n) is 6.09. The average molecular weight is 481 g/mol. The van der Waals surface area contributed by atoms with Crippen molar-refractivity contribution in [3.63, 3.8) is 0 Å². The maximum absolute atomic E-state index is 13.9. The number of nitrogens with zero attached hydrogens (tertiary/aromatic N) is 1. The van der Waals surface area contributed by atoms with E-state index in [0.717, 1.165) is 32.5 Å². The second-order valence-corrected chi connectivity index (χ2v) is 11.6. The molecule has 2 heterocycles. The zero-order chi connectivity index (χ0) is 23.9. The highest BCUT2D eigenvalue weighted by atomic mass is 32.2. The molecule has 7 heteroatoms. The van der Waals surface area contributed by atoms with E-state index >= 15 is 0 Å². The fourth-order valence-electron chi connectivity index (χ4n) is 4.38. The van der Waals surface area contributed by atoms with Crippen LogP contribution in [0, 0.1) is 34.6 Å². The molecule has 0 unspecified atom stereocenters. The Morgan fingerprint density at radius 1 is 0.909 bits per heavy atom. The molecule has 5 nitrogen and oxygen atoms in total. The molecule has 0 radical (unpaired) electrons. The first kappa shape index (κ1) is 23.4. The van der Waals surface area contributed by atoms with Crippen LogP contribution in [0.1, 0.15) is 38.3 Å². The molecule has 2 aromatic heterocycles. The van der Waals surface area contributed by atoms with Gasteiger partial charge in [-0.05, 0) is 79.8 Å². The van der Waals surface area contributed by atoms with Gasteiger partial charge in [0.25, 0.3) is 5.56 Å². The maximum Gasteiger partial charge on any atom is 0.252 e. The van der Waals surface area contributed by atoms with E-state index in [9.17, 15) is 13.2 Å². The van der Waals surface area contributed by atoms with Crippen LogP contribution in [-0.4, -0.2) is 17.7 Å². The molecule has 0 aliphatic carbocycles. The monoisotopic (exact) mass is 480 g/mol. The topological polar surface area (TPSA) is 70.2 Å². The number of aromatic amines is 1. The molecule has 1 N–H and O–H groups in total. The highest BCUT2D eigenvalue weighted by molar-refractivity contribution is 7.89. The van der Waals surface area contributed by atoms with Gasteiger partial charge in [0.2, 0.25) is 10.0 Å². The zero-order valence-electron chi connectivity index (χ0n) is 19.5. The molecule has 0 fully saturated rings. The lowest BCUT2D eigenvalue weighted by molar-refractivity contribution is 0.402. The third-order valence-corrected chi connectivity index (χ3v) is 9.05.